The topological polar surface area (TPSA) is 93.0 Å². The van der Waals surface area contributed by atoms with E-state index in [1.165, 1.54) is 0 Å². The number of alkyl halides is 1. The number of aryl methyl sites for hydroxylation is 1. The molecule has 0 unspecified atom stereocenters. The van der Waals surface area contributed by atoms with Crippen LogP contribution in [0.15, 0.2) is 28.3 Å². The first-order chi connectivity index (χ1) is 12.1. The number of carbonyl (C=O) groups is 1. The summed E-state index contributed by atoms with van der Waals surface area (Å²) in [6, 6.07) is 5.01. The third kappa shape index (κ3) is 5.07. The molecule has 1 aromatic heterocycles. The summed E-state index contributed by atoms with van der Waals surface area (Å²) in [4.78, 5) is 34.5. The van der Waals surface area contributed by atoms with Gasteiger partial charge in [0.15, 0.2) is 0 Å². The Balaban J connectivity index is 1.83. The number of nitroso groups, excluding NO2 is 1. The van der Waals surface area contributed by atoms with E-state index in [9.17, 15) is 14.5 Å². The van der Waals surface area contributed by atoms with E-state index in [1.807, 2.05) is 15.7 Å². The number of unbranched alkanes of at least 4 members (excludes halogenated alkanes) is 1. The zero-order valence-electron chi connectivity index (χ0n) is 13.7. The van der Waals surface area contributed by atoms with Crippen LogP contribution in [-0.2, 0) is 6.54 Å². The molecule has 0 saturated carbocycles. The van der Waals surface area contributed by atoms with Crippen molar-refractivity contribution in [3.8, 4) is 5.75 Å². The van der Waals surface area contributed by atoms with E-state index in [0.717, 1.165) is 15.7 Å². The summed E-state index contributed by atoms with van der Waals surface area (Å²) in [7, 11) is 1.58. The van der Waals surface area contributed by atoms with Crippen LogP contribution in [0.1, 0.15) is 12.8 Å². The second-order valence-corrected chi connectivity index (χ2v) is 7.80. The van der Waals surface area contributed by atoms with Gasteiger partial charge in [0.25, 0.3) is 0 Å². The van der Waals surface area contributed by atoms with Gasteiger partial charge in [0.05, 0.1) is 0 Å². The number of hydrogen-bond donors (Lipinski definition) is 1. The van der Waals surface area contributed by atoms with E-state index >= 15 is 0 Å². The molecule has 2 aromatic rings. The third-order valence-corrected chi connectivity index (χ3v) is 6.07. The Labute approximate surface area is 155 Å². The predicted molar refractivity (Wildman–Crippen MR) is 97.6 cm³/mol. The maximum atomic E-state index is 12.4. The van der Waals surface area contributed by atoms with Gasteiger partial charge < -0.3 is 0 Å². The number of ether oxygens (including phenoxy) is 1. The molecule has 1 N–H and O–H groups in total. The van der Waals surface area contributed by atoms with Crippen molar-refractivity contribution >= 4 is 42.0 Å². The van der Waals surface area contributed by atoms with Crippen molar-refractivity contribution in [2.75, 3.05) is 26.1 Å². The molecule has 2 rings (SSSR count). The Kier molecular flexibility index (Phi) is 7.49. The monoisotopic (exact) mass is 434 g/mol. The van der Waals surface area contributed by atoms with Gasteiger partial charge >= 0.3 is 155 Å². The Morgan fingerprint density at radius 3 is 2.92 bits per heavy atom. The van der Waals surface area contributed by atoms with Crippen molar-refractivity contribution in [3.05, 3.63) is 33.5 Å². The number of rotatable bonds is 9. The molecule has 0 atom stereocenters. The van der Waals surface area contributed by atoms with E-state index in [-0.39, 0.29) is 32.7 Å². The standard InChI is InChI=1S/C15H19ClN4O4Se/c1-24-11-4-5-13-12(10-11)14(21)20(25-13)8-3-2-7-17-15(22)19(18-23)9-6-16/h4-5,10H,2-3,6-9H2,1H3,(H,17,22). The van der Waals surface area contributed by atoms with Gasteiger partial charge in [-0.3, -0.25) is 0 Å². The minimum absolute atomic E-state index is 0.0244. The van der Waals surface area contributed by atoms with Crippen LogP contribution in [0.4, 0.5) is 4.79 Å². The number of nitrogens with zero attached hydrogens (tertiary/aromatic N) is 3. The number of aromatic nitrogens is 1. The average molecular weight is 434 g/mol. The SMILES string of the molecule is COc1ccc2[se]n(CCCCNC(=O)N(CCCl)N=O)c(=O)c2c1. The molecule has 136 valence electrons. The molecular formula is C15H19ClN4O4Se. The zero-order valence-corrected chi connectivity index (χ0v) is 16.2. The first-order valence-corrected chi connectivity index (χ1v) is 9.89. The number of methoxy groups -OCH3 is 1. The van der Waals surface area contributed by atoms with Gasteiger partial charge in [-0.2, -0.15) is 0 Å². The van der Waals surface area contributed by atoms with Crippen molar-refractivity contribution in [2.45, 2.75) is 19.4 Å². The van der Waals surface area contributed by atoms with Crippen LogP contribution in [0.25, 0.3) is 9.65 Å². The molecule has 0 aliphatic heterocycles. The summed E-state index contributed by atoms with van der Waals surface area (Å²) in [5.41, 5.74) is 0.0244. The molecule has 0 aliphatic rings. The minimum atomic E-state index is -0.559. The zero-order chi connectivity index (χ0) is 18.2. The Morgan fingerprint density at radius 2 is 2.24 bits per heavy atom. The maximum absolute atomic E-state index is 12.4. The van der Waals surface area contributed by atoms with E-state index in [2.05, 4.69) is 10.6 Å². The Hall–Kier alpha value is -1.83. The van der Waals surface area contributed by atoms with Gasteiger partial charge in [-0.25, -0.2) is 0 Å². The molecule has 0 aliphatic carbocycles. The van der Waals surface area contributed by atoms with Crippen LogP contribution in [-0.4, -0.2) is 55.4 Å². The number of hydrogen-bond acceptors (Lipinski definition) is 5. The summed E-state index contributed by atoms with van der Waals surface area (Å²) in [6.07, 6.45) is 1.45. The number of fused-ring (bicyclic) bond motifs is 1. The van der Waals surface area contributed by atoms with Crippen molar-refractivity contribution in [2.24, 2.45) is 5.29 Å². The van der Waals surface area contributed by atoms with E-state index < -0.39 is 6.03 Å². The molecule has 1 heterocycles. The quantitative estimate of drug-likeness (QED) is 0.214. The molecule has 0 spiro atoms. The molecule has 0 bridgehead atoms. The predicted octanol–water partition coefficient (Wildman–Crippen LogP) is 1.78. The number of nitrogens with one attached hydrogen (secondary N) is 1. The van der Waals surface area contributed by atoms with Crippen LogP contribution in [0, 0.1) is 4.91 Å². The number of carbonyl (C=O) groups excluding carboxylic acids is 1. The molecule has 1 aromatic carbocycles. The second kappa shape index (κ2) is 9.60. The second-order valence-electron chi connectivity index (χ2n) is 5.19. The number of amides is 2. The number of halogens is 1. The summed E-state index contributed by atoms with van der Waals surface area (Å²) in [5, 5.41) is 6.68. The molecular weight excluding hydrogens is 415 g/mol. The fourth-order valence-corrected chi connectivity index (χ4v) is 4.54. The summed E-state index contributed by atoms with van der Waals surface area (Å²) < 4.78 is 8.05. The fraction of sp³-hybridized carbons (Fsp3) is 0.467. The van der Waals surface area contributed by atoms with Gasteiger partial charge in [0, 0.05) is 0 Å². The van der Waals surface area contributed by atoms with Crippen LogP contribution in [0.2, 0.25) is 0 Å². The van der Waals surface area contributed by atoms with Crippen molar-refractivity contribution in [3.63, 3.8) is 0 Å². The van der Waals surface area contributed by atoms with Gasteiger partial charge in [-0.15, -0.1) is 0 Å². The normalized spacial score (nSPS) is 10.6. The van der Waals surface area contributed by atoms with Crippen LogP contribution < -0.4 is 15.6 Å². The summed E-state index contributed by atoms with van der Waals surface area (Å²) >= 11 is 5.46. The van der Waals surface area contributed by atoms with Crippen LogP contribution in [0.3, 0.4) is 0 Å². The fourth-order valence-electron chi connectivity index (χ4n) is 2.25. The molecule has 0 saturated heterocycles. The van der Waals surface area contributed by atoms with E-state index in [1.54, 1.807) is 13.2 Å². The van der Waals surface area contributed by atoms with Gasteiger partial charge in [-0.1, -0.05) is 0 Å². The average Bonchev–Trinajstić information content (AvgIpc) is 2.94. The molecule has 0 radical (unpaired) electrons. The number of urea groups is 1. The van der Waals surface area contributed by atoms with Crippen molar-refractivity contribution in [1.29, 1.82) is 0 Å². The molecule has 10 heteroatoms. The first-order valence-electron chi connectivity index (χ1n) is 7.73. The van der Waals surface area contributed by atoms with Gasteiger partial charge in [0.1, 0.15) is 0 Å². The Morgan fingerprint density at radius 1 is 1.44 bits per heavy atom. The molecule has 0 fully saturated rings. The van der Waals surface area contributed by atoms with Gasteiger partial charge in [-0.05, 0) is 0 Å². The molecule has 2 amide bonds. The summed E-state index contributed by atoms with van der Waals surface area (Å²) in [5.74, 6) is 0.821. The Bertz CT molecular complexity index is 791. The van der Waals surface area contributed by atoms with Crippen molar-refractivity contribution in [1.82, 2.24) is 13.9 Å². The molecule has 8 nitrogen and oxygen atoms in total. The number of benzene rings is 1. The van der Waals surface area contributed by atoms with Crippen LogP contribution >= 0.6 is 11.6 Å². The van der Waals surface area contributed by atoms with Crippen molar-refractivity contribution < 1.29 is 9.53 Å². The summed E-state index contributed by atoms with van der Waals surface area (Å²) in [6.45, 7) is 1.11. The van der Waals surface area contributed by atoms with E-state index in [0.29, 0.717) is 30.6 Å². The van der Waals surface area contributed by atoms with Gasteiger partial charge in [0.2, 0.25) is 0 Å². The molecule has 25 heavy (non-hydrogen) atoms. The first kappa shape index (κ1) is 19.5. The third-order valence-electron chi connectivity index (χ3n) is 3.55. The van der Waals surface area contributed by atoms with Crippen LogP contribution in [0.5, 0.6) is 5.75 Å². The van der Waals surface area contributed by atoms with E-state index in [4.69, 9.17) is 16.3 Å².